The van der Waals surface area contributed by atoms with Gasteiger partial charge >= 0.3 is 170 Å². The minimum atomic E-state index is -5.94. The van der Waals surface area contributed by atoms with Crippen LogP contribution in [-0.2, 0) is 12.3 Å². The first-order valence-electron chi connectivity index (χ1n) is 8.34. The Balaban J connectivity index is 1.88. The van der Waals surface area contributed by atoms with Gasteiger partial charge in [0.2, 0.25) is 0 Å². The van der Waals surface area contributed by atoms with Crippen LogP contribution in [0.5, 0.6) is 0 Å². The quantitative estimate of drug-likeness (QED) is 0.395. The molecule has 11 heteroatoms. The molecule has 2 aromatic carbocycles. The van der Waals surface area contributed by atoms with Crippen molar-refractivity contribution in [3.8, 4) is 0 Å². The van der Waals surface area contributed by atoms with Crippen molar-refractivity contribution in [3.63, 3.8) is 0 Å². The first-order chi connectivity index (χ1) is 13.6. The van der Waals surface area contributed by atoms with Crippen LogP contribution in [0.3, 0.4) is 0 Å². The Labute approximate surface area is 169 Å². The Kier molecular flexibility index (Phi) is 4.19. The molecule has 6 rings (SSSR count). The molecular weight excluding hydrogens is 491 g/mol. The summed E-state index contributed by atoms with van der Waals surface area (Å²) in [7, 11) is 0. The molecule has 0 amide bonds. The van der Waals surface area contributed by atoms with E-state index in [-0.39, 0.29) is 33.6 Å². The van der Waals surface area contributed by atoms with E-state index in [0.717, 1.165) is 0 Å². The summed E-state index contributed by atoms with van der Waals surface area (Å²) in [5, 5.41) is 0. The van der Waals surface area contributed by atoms with Crippen molar-refractivity contribution in [2.45, 2.75) is 13.8 Å². The van der Waals surface area contributed by atoms with Gasteiger partial charge in [-0.15, -0.1) is 0 Å². The maximum atomic E-state index is 12.7. The van der Waals surface area contributed by atoms with Crippen LogP contribution < -0.4 is 11.5 Å². The van der Waals surface area contributed by atoms with Gasteiger partial charge in [0.1, 0.15) is 0 Å². The number of carbonyl (C=O) groups is 4. The molecule has 4 heterocycles. The van der Waals surface area contributed by atoms with Crippen LogP contribution >= 0.6 is 0 Å². The normalized spacial score (nSPS) is 17.2. The molecule has 0 unspecified atom stereocenters. The molecule has 29 heavy (non-hydrogen) atoms. The summed E-state index contributed by atoms with van der Waals surface area (Å²) in [4.78, 5) is 50.8. The predicted molar refractivity (Wildman–Crippen MR) is 98.6 cm³/mol. The molecular formula is C18H14N2O8Sn. The van der Waals surface area contributed by atoms with Crippen LogP contribution in [0, 0.1) is 13.8 Å². The van der Waals surface area contributed by atoms with E-state index in [9.17, 15) is 19.2 Å². The Morgan fingerprint density at radius 2 is 0.897 bits per heavy atom. The van der Waals surface area contributed by atoms with Gasteiger partial charge in [0.05, 0.1) is 0 Å². The third-order valence-electron chi connectivity index (χ3n) is 4.54. The first kappa shape index (κ1) is 19.1. The number of nitrogens with two attached hydrogens (primary N) is 2. The summed E-state index contributed by atoms with van der Waals surface area (Å²) in [6, 6.07) is 5.18. The number of anilines is 2. The standard InChI is InChI=1S/2C9H9NO4.Sn/c2*1-4-2-6(9(13)14)7(10)3-5(4)8(11)12;/h2*2-3H,10H2,1H3,(H,11,12)(H,13,14);/q;;+4/p-4. The van der Waals surface area contributed by atoms with Gasteiger partial charge in [-0.3, -0.25) is 0 Å². The zero-order valence-corrected chi connectivity index (χ0v) is 18.1. The Morgan fingerprint density at radius 3 is 1.24 bits per heavy atom. The van der Waals surface area contributed by atoms with Crippen LogP contribution in [0.2, 0.25) is 0 Å². The van der Waals surface area contributed by atoms with E-state index in [4.69, 9.17) is 23.8 Å². The topological polar surface area (TPSA) is 157 Å². The van der Waals surface area contributed by atoms with E-state index in [1.54, 1.807) is 13.8 Å². The summed E-state index contributed by atoms with van der Waals surface area (Å²) in [5.74, 6) is -4.09. The molecule has 4 bridgehead atoms. The minimum absolute atomic E-state index is 0.0165. The van der Waals surface area contributed by atoms with Crippen LogP contribution in [0.4, 0.5) is 11.4 Å². The van der Waals surface area contributed by atoms with Gasteiger partial charge in [-0.1, -0.05) is 0 Å². The van der Waals surface area contributed by atoms with E-state index < -0.39 is 43.9 Å². The van der Waals surface area contributed by atoms with Crippen molar-refractivity contribution in [1.82, 2.24) is 0 Å². The summed E-state index contributed by atoms with van der Waals surface area (Å²) in [6.07, 6.45) is 0. The van der Waals surface area contributed by atoms with Crippen molar-refractivity contribution < 1.29 is 31.5 Å². The molecule has 4 aliphatic rings. The molecule has 0 atom stereocenters. The third-order valence-corrected chi connectivity index (χ3v) is 9.51. The van der Waals surface area contributed by atoms with E-state index in [1.165, 1.54) is 24.3 Å². The van der Waals surface area contributed by atoms with Crippen molar-refractivity contribution >= 4 is 55.3 Å². The fraction of sp³-hybridized carbons (Fsp3) is 0.111. The van der Waals surface area contributed by atoms with Gasteiger partial charge in [0, 0.05) is 0 Å². The average Bonchev–Trinajstić information content (AvgIpc) is 2.72. The van der Waals surface area contributed by atoms with Crippen LogP contribution in [-0.4, -0.2) is 43.9 Å². The fourth-order valence-electron chi connectivity index (χ4n) is 3.04. The van der Waals surface area contributed by atoms with Gasteiger partial charge in [0.25, 0.3) is 0 Å². The van der Waals surface area contributed by atoms with E-state index in [1.807, 2.05) is 0 Å². The number of fused-ring (bicyclic) bond motifs is 8. The number of benzene rings is 2. The second-order valence-electron chi connectivity index (χ2n) is 6.57. The second kappa shape index (κ2) is 6.37. The molecule has 0 aromatic heterocycles. The van der Waals surface area contributed by atoms with E-state index in [2.05, 4.69) is 0 Å². The van der Waals surface area contributed by atoms with Gasteiger partial charge in [0.15, 0.2) is 0 Å². The van der Waals surface area contributed by atoms with Gasteiger partial charge in [-0.25, -0.2) is 0 Å². The van der Waals surface area contributed by atoms with Crippen molar-refractivity contribution in [3.05, 3.63) is 57.6 Å². The molecule has 0 radical (unpaired) electrons. The predicted octanol–water partition coefficient (Wildman–Crippen LogP) is 1.26. The number of nitrogen functional groups attached to an aromatic ring is 2. The Bertz CT molecular complexity index is 963. The zero-order valence-electron chi connectivity index (χ0n) is 15.2. The maximum absolute atomic E-state index is 12.7. The molecule has 4 N–H and O–H groups in total. The monoisotopic (exact) mass is 506 g/mol. The second-order valence-corrected chi connectivity index (χ2v) is 11.8. The Hall–Kier alpha value is -3.28. The molecule has 0 saturated heterocycles. The van der Waals surface area contributed by atoms with Gasteiger partial charge in [-0.2, -0.15) is 0 Å². The summed E-state index contributed by atoms with van der Waals surface area (Å²) >= 11 is -5.94. The van der Waals surface area contributed by atoms with Gasteiger partial charge in [-0.05, 0) is 0 Å². The van der Waals surface area contributed by atoms with Crippen LogP contribution in [0.1, 0.15) is 52.6 Å². The SMILES string of the molecule is Cc1cc2c(N)cc1C(=O)[O][Sn]1([O]C(=O)c3cc(N)c(cc3C)C(=O)[O]1)[O]C2=O. The fourth-order valence-corrected chi connectivity index (χ4v) is 7.60. The van der Waals surface area contributed by atoms with Crippen LogP contribution in [0.15, 0.2) is 24.3 Å². The number of hydrogen-bond donors (Lipinski definition) is 2. The number of carbonyl (C=O) groups excluding carboxylic acids is 4. The molecule has 0 saturated carbocycles. The number of aryl methyl sites for hydroxylation is 2. The Morgan fingerprint density at radius 1 is 0.586 bits per heavy atom. The zero-order chi connectivity index (χ0) is 21.1. The molecule has 148 valence electrons. The van der Waals surface area contributed by atoms with E-state index in [0.29, 0.717) is 11.1 Å². The molecule has 10 nitrogen and oxygen atoms in total. The van der Waals surface area contributed by atoms with Crippen molar-refractivity contribution in [2.75, 3.05) is 11.5 Å². The summed E-state index contributed by atoms with van der Waals surface area (Å²) < 4.78 is 21.1. The van der Waals surface area contributed by atoms with E-state index >= 15 is 0 Å². The van der Waals surface area contributed by atoms with Crippen molar-refractivity contribution in [2.24, 2.45) is 0 Å². The molecule has 4 aliphatic heterocycles. The molecule has 2 aromatic rings. The average molecular weight is 505 g/mol. The number of rotatable bonds is 0. The molecule has 0 fully saturated rings. The third kappa shape index (κ3) is 3.05. The summed E-state index contributed by atoms with van der Waals surface area (Å²) in [6.45, 7) is 3.12. The summed E-state index contributed by atoms with van der Waals surface area (Å²) in [5.41, 5.74) is 12.2. The molecule has 0 aliphatic carbocycles. The van der Waals surface area contributed by atoms with Gasteiger partial charge < -0.3 is 0 Å². The van der Waals surface area contributed by atoms with Crippen molar-refractivity contribution in [1.29, 1.82) is 0 Å². The number of hydrogen-bond acceptors (Lipinski definition) is 10. The molecule has 1 spiro atoms. The van der Waals surface area contributed by atoms with Crippen LogP contribution in [0.25, 0.3) is 0 Å². The first-order valence-corrected chi connectivity index (χ1v) is 13.0.